The number of aryl methyl sites for hydroxylation is 1. The summed E-state index contributed by atoms with van der Waals surface area (Å²) in [5.74, 6) is -1.16. The van der Waals surface area contributed by atoms with E-state index in [0.29, 0.717) is 27.7 Å². The van der Waals surface area contributed by atoms with Crippen LogP contribution in [0.25, 0.3) is 0 Å². The van der Waals surface area contributed by atoms with Crippen molar-refractivity contribution in [1.82, 2.24) is 5.32 Å². The summed E-state index contributed by atoms with van der Waals surface area (Å²) in [6.45, 7) is 4.00. The Hall–Kier alpha value is -1.16. The molecule has 1 N–H and O–H groups in total. The van der Waals surface area contributed by atoms with Gasteiger partial charge < -0.3 is 5.32 Å². The third-order valence-electron chi connectivity index (χ3n) is 3.29. The molecule has 0 aliphatic heterocycles. The molecule has 2 rings (SSSR count). The highest BCUT2D eigenvalue weighted by molar-refractivity contribution is 6.35. The van der Waals surface area contributed by atoms with E-state index in [9.17, 15) is 8.78 Å². The third kappa shape index (κ3) is 3.37. The maximum Gasteiger partial charge on any atom is 0.134 e. The van der Waals surface area contributed by atoms with Crippen LogP contribution >= 0.6 is 23.2 Å². The normalized spacial score (nSPS) is 12.5. The van der Waals surface area contributed by atoms with Gasteiger partial charge in [0.1, 0.15) is 11.6 Å². The second kappa shape index (κ2) is 6.73. The molecule has 0 fully saturated rings. The molecule has 0 radical (unpaired) electrons. The highest BCUT2D eigenvalue weighted by Gasteiger charge is 2.24. The van der Waals surface area contributed by atoms with Gasteiger partial charge in [0.25, 0.3) is 0 Å². The monoisotopic (exact) mass is 329 g/mol. The molecule has 0 aliphatic rings. The Balaban J connectivity index is 2.61. The number of hydrogen-bond acceptors (Lipinski definition) is 1. The van der Waals surface area contributed by atoms with Crippen LogP contribution in [0.4, 0.5) is 8.78 Å². The standard InChI is InChI=1S/C16H15Cl2F2N/c1-3-21-16(11-6-5-10(17)8-12(11)18)14-13(19)7-4-9(2)15(14)20/h4-8,16,21H,3H2,1-2H3. The first-order chi connectivity index (χ1) is 9.95. The quantitative estimate of drug-likeness (QED) is 0.804. The van der Waals surface area contributed by atoms with E-state index in [2.05, 4.69) is 5.32 Å². The van der Waals surface area contributed by atoms with Gasteiger partial charge in [-0.2, -0.15) is 0 Å². The maximum absolute atomic E-state index is 14.4. The van der Waals surface area contributed by atoms with Crippen molar-refractivity contribution in [3.8, 4) is 0 Å². The lowest BCUT2D eigenvalue weighted by atomic mass is 9.96. The van der Waals surface area contributed by atoms with Gasteiger partial charge in [-0.3, -0.25) is 0 Å². The summed E-state index contributed by atoms with van der Waals surface area (Å²) in [4.78, 5) is 0. The zero-order valence-electron chi connectivity index (χ0n) is 11.7. The highest BCUT2D eigenvalue weighted by Crippen LogP contribution is 2.33. The Labute approximate surface area is 132 Å². The van der Waals surface area contributed by atoms with Crippen molar-refractivity contribution in [3.63, 3.8) is 0 Å². The average molecular weight is 330 g/mol. The molecule has 1 nitrogen and oxygen atoms in total. The molecule has 0 saturated carbocycles. The summed E-state index contributed by atoms with van der Waals surface area (Å²) in [6.07, 6.45) is 0. The Morgan fingerprint density at radius 1 is 1.14 bits per heavy atom. The zero-order chi connectivity index (χ0) is 15.6. The van der Waals surface area contributed by atoms with Crippen LogP contribution in [0.3, 0.4) is 0 Å². The summed E-state index contributed by atoms with van der Waals surface area (Å²) >= 11 is 12.1. The van der Waals surface area contributed by atoms with Crippen LogP contribution in [-0.4, -0.2) is 6.54 Å². The van der Waals surface area contributed by atoms with Gasteiger partial charge in [-0.1, -0.05) is 42.3 Å². The van der Waals surface area contributed by atoms with Gasteiger partial charge in [0.15, 0.2) is 0 Å². The van der Waals surface area contributed by atoms with E-state index < -0.39 is 17.7 Å². The zero-order valence-corrected chi connectivity index (χ0v) is 13.2. The number of hydrogen-bond donors (Lipinski definition) is 1. The number of halogens is 4. The molecule has 21 heavy (non-hydrogen) atoms. The maximum atomic E-state index is 14.4. The van der Waals surface area contributed by atoms with E-state index in [-0.39, 0.29) is 5.56 Å². The van der Waals surface area contributed by atoms with Crippen molar-refractivity contribution in [2.24, 2.45) is 0 Å². The minimum atomic E-state index is -0.667. The van der Waals surface area contributed by atoms with Crippen LogP contribution in [0.2, 0.25) is 10.0 Å². The molecule has 0 bridgehead atoms. The second-order valence-electron chi connectivity index (χ2n) is 4.75. The first kappa shape index (κ1) is 16.2. The van der Waals surface area contributed by atoms with Gasteiger partial charge in [0.2, 0.25) is 0 Å². The van der Waals surface area contributed by atoms with Crippen molar-refractivity contribution >= 4 is 23.2 Å². The molecule has 112 valence electrons. The van der Waals surface area contributed by atoms with Gasteiger partial charge in [-0.25, -0.2) is 8.78 Å². The van der Waals surface area contributed by atoms with E-state index in [1.807, 2.05) is 6.92 Å². The third-order valence-corrected chi connectivity index (χ3v) is 3.85. The summed E-state index contributed by atoms with van der Waals surface area (Å²) in [7, 11) is 0. The molecular weight excluding hydrogens is 315 g/mol. The fourth-order valence-electron chi connectivity index (χ4n) is 2.25. The molecule has 5 heteroatoms. The van der Waals surface area contributed by atoms with Gasteiger partial charge in [-0.05, 0) is 42.8 Å². The van der Waals surface area contributed by atoms with Gasteiger partial charge in [0.05, 0.1) is 6.04 Å². The number of rotatable bonds is 4. The van der Waals surface area contributed by atoms with Crippen molar-refractivity contribution in [1.29, 1.82) is 0 Å². The molecular formula is C16H15Cl2F2N. The molecule has 0 heterocycles. The van der Waals surface area contributed by atoms with E-state index in [4.69, 9.17) is 23.2 Å². The predicted octanol–water partition coefficient (Wildman–Crippen LogP) is 5.28. The van der Waals surface area contributed by atoms with Crippen molar-refractivity contribution in [2.75, 3.05) is 6.54 Å². The summed E-state index contributed by atoms with van der Waals surface area (Å²) in [5, 5.41) is 3.92. The number of nitrogens with one attached hydrogen (secondary N) is 1. The minimum Gasteiger partial charge on any atom is -0.306 e. The molecule has 0 spiro atoms. The van der Waals surface area contributed by atoms with E-state index in [1.165, 1.54) is 12.1 Å². The predicted molar refractivity (Wildman–Crippen MR) is 83.1 cm³/mol. The Morgan fingerprint density at radius 2 is 1.86 bits per heavy atom. The first-order valence-electron chi connectivity index (χ1n) is 6.58. The summed E-state index contributed by atoms with van der Waals surface area (Å²) in [6, 6.07) is 6.91. The first-order valence-corrected chi connectivity index (χ1v) is 7.34. The lowest BCUT2D eigenvalue weighted by Crippen LogP contribution is -2.24. The molecule has 0 amide bonds. The number of benzene rings is 2. The molecule has 1 atom stereocenters. The van der Waals surface area contributed by atoms with Crippen LogP contribution in [-0.2, 0) is 0 Å². The van der Waals surface area contributed by atoms with Crippen molar-refractivity contribution in [3.05, 3.63) is 68.7 Å². The van der Waals surface area contributed by atoms with Crippen molar-refractivity contribution < 1.29 is 8.78 Å². The van der Waals surface area contributed by atoms with Gasteiger partial charge in [0, 0.05) is 15.6 Å². The highest BCUT2D eigenvalue weighted by atomic mass is 35.5. The largest absolute Gasteiger partial charge is 0.306 e. The van der Waals surface area contributed by atoms with Crippen LogP contribution in [0, 0.1) is 18.6 Å². The summed E-state index contributed by atoms with van der Waals surface area (Å²) in [5.41, 5.74) is 0.951. The van der Waals surface area contributed by atoms with Gasteiger partial charge in [-0.15, -0.1) is 0 Å². The molecule has 0 saturated heterocycles. The fraction of sp³-hybridized carbons (Fsp3) is 0.250. The molecule has 2 aromatic rings. The molecule has 0 aliphatic carbocycles. The average Bonchev–Trinajstić information content (AvgIpc) is 2.43. The molecule has 1 unspecified atom stereocenters. The molecule has 0 aromatic heterocycles. The Bertz CT molecular complexity index is 659. The van der Waals surface area contributed by atoms with Gasteiger partial charge >= 0.3 is 0 Å². The van der Waals surface area contributed by atoms with E-state index >= 15 is 0 Å². The smallest absolute Gasteiger partial charge is 0.134 e. The fourth-order valence-corrected chi connectivity index (χ4v) is 2.77. The van der Waals surface area contributed by atoms with Crippen LogP contribution < -0.4 is 5.32 Å². The summed E-state index contributed by atoms with van der Waals surface area (Å²) < 4.78 is 28.5. The van der Waals surface area contributed by atoms with Crippen LogP contribution in [0.5, 0.6) is 0 Å². The second-order valence-corrected chi connectivity index (χ2v) is 5.59. The van der Waals surface area contributed by atoms with Crippen LogP contribution in [0.15, 0.2) is 30.3 Å². The van der Waals surface area contributed by atoms with Crippen LogP contribution in [0.1, 0.15) is 29.7 Å². The van der Waals surface area contributed by atoms with E-state index in [1.54, 1.807) is 25.1 Å². The molecule has 2 aromatic carbocycles. The Morgan fingerprint density at radius 3 is 2.48 bits per heavy atom. The minimum absolute atomic E-state index is 0.0268. The lowest BCUT2D eigenvalue weighted by Gasteiger charge is -2.22. The Kier molecular flexibility index (Phi) is 5.20. The van der Waals surface area contributed by atoms with E-state index in [0.717, 1.165) is 0 Å². The van der Waals surface area contributed by atoms with Crippen molar-refractivity contribution in [2.45, 2.75) is 19.9 Å². The lowest BCUT2D eigenvalue weighted by molar-refractivity contribution is 0.506. The topological polar surface area (TPSA) is 12.0 Å². The SMILES string of the molecule is CCNC(c1ccc(Cl)cc1Cl)c1c(F)ccc(C)c1F.